The first-order valence-corrected chi connectivity index (χ1v) is 15.3. The maximum Gasteiger partial charge on any atom is 0.312 e. The molecule has 11 heteroatoms. The number of anilines is 1. The van der Waals surface area contributed by atoms with E-state index in [-0.39, 0.29) is 35.3 Å². The number of rotatable bonds is 11. The van der Waals surface area contributed by atoms with Crippen LogP contribution in [0.5, 0.6) is 11.5 Å². The summed E-state index contributed by atoms with van der Waals surface area (Å²) >= 11 is 6.67. The van der Waals surface area contributed by atoms with Crippen LogP contribution in [0, 0.1) is 17.1 Å². The van der Waals surface area contributed by atoms with Gasteiger partial charge in [-0.05, 0) is 53.5 Å². The number of ether oxygens (including phenoxy) is 1. The van der Waals surface area contributed by atoms with E-state index < -0.39 is 17.7 Å². The monoisotopic (exact) mass is 640 g/mol. The minimum Gasteiger partial charge on any atom is -0.481 e. The molecule has 0 aliphatic heterocycles. The summed E-state index contributed by atoms with van der Waals surface area (Å²) in [4.78, 5) is 29.0. The maximum absolute atomic E-state index is 15.1. The maximum atomic E-state index is 15.1. The number of pyridine rings is 1. The van der Waals surface area contributed by atoms with E-state index in [4.69, 9.17) is 22.4 Å². The van der Waals surface area contributed by atoms with Gasteiger partial charge in [-0.3, -0.25) is 14.6 Å². The lowest BCUT2D eigenvalue weighted by Crippen LogP contribution is -2.35. The molecule has 8 nitrogen and oxygen atoms in total. The van der Waals surface area contributed by atoms with Crippen LogP contribution in [0.25, 0.3) is 20.7 Å². The number of nitrogens with one attached hydrogen (secondary N) is 3. The molecule has 1 atom stereocenters. The van der Waals surface area contributed by atoms with E-state index in [2.05, 4.69) is 15.6 Å². The Morgan fingerprint density at radius 3 is 2.42 bits per heavy atom. The first-order chi connectivity index (χ1) is 21.7. The second kappa shape index (κ2) is 14.2. The smallest absolute Gasteiger partial charge is 0.312 e. The van der Waals surface area contributed by atoms with Crippen molar-refractivity contribution < 1.29 is 23.8 Å². The van der Waals surface area contributed by atoms with Crippen molar-refractivity contribution in [3.05, 3.63) is 108 Å². The highest BCUT2D eigenvalue weighted by molar-refractivity contribution is 7.80. The van der Waals surface area contributed by atoms with Crippen molar-refractivity contribution >= 4 is 62.2 Å². The fourth-order valence-corrected chi connectivity index (χ4v) is 6.03. The van der Waals surface area contributed by atoms with Gasteiger partial charge in [0.25, 0.3) is 0 Å². The summed E-state index contributed by atoms with van der Waals surface area (Å²) < 4.78 is 21.8. The lowest BCUT2D eigenvalue weighted by molar-refractivity contribution is -0.139. The number of nitrogens with zero attached hydrogens (tertiary/aromatic N) is 1. The predicted molar refractivity (Wildman–Crippen MR) is 179 cm³/mol. The molecular weight excluding hydrogens is 612 g/mol. The van der Waals surface area contributed by atoms with Gasteiger partial charge in [-0.2, -0.15) is 0 Å². The van der Waals surface area contributed by atoms with Crippen LogP contribution < -0.4 is 15.4 Å². The normalized spacial score (nSPS) is 11.5. The van der Waals surface area contributed by atoms with Gasteiger partial charge in [0.1, 0.15) is 5.75 Å². The van der Waals surface area contributed by atoms with Crippen molar-refractivity contribution in [3.63, 3.8) is 0 Å². The van der Waals surface area contributed by atoms with Gasteiger partial charge in [0, 0.05) is 41.0 Å². The fraction of sp³-hybridized carbons (Fsp3) is 0.147. The first kappa shape index (κ1) is 31.4. The van der Waals surface area contributed by atoms with E-state index in [1.165, 1.54) is 23.5 Å². The molecule has 45 heavy (non-hydrogen) atoms. The van der Waals surface area contributed by atoms with Crippen LogP contribution in [0.15, 0.2) is 91.1 Å². The summed E-state index contributed by atoms with van der Waals surface area (Å²) in [5, 5.41) is 23.0. The Kier molecular flexibility index (Phi) is 9.91. The molecule has 2 heterocycles. The molecular formula is C34H29FN4O4S2. The molecule has 1 amide bonds. The highest BCUT2D eigenvalue weighted by atomic mass is 32.1. The Labute approximate surface area is 268 Å². The Bertz CT molecular complexity index is 1880. The van der Waals surface area contributed by atoms with Gasteiger partial charge in [-0.1, -0.05) is 61.5 Å². The van der Waals surface area contributed by atoms with Crippen LogP contribution in [0.2, 0.25) is 0 Å². The van der Waals surface area contributed by atoms with Gasteiger partial charge >= 0.3 is 5.97 Å². The van der Waals surface area contributed by atoms with Crippen LogP contribution >= 0.6 is 23.6 Å². The molecule has 228 valence electrons. The molecule has 0 saturated heterocycles. The first-order valence-electron chi connectivity index (χ1n) is 14.1. The Morgan fingerprint density at radius 1 is 1.00 bits per heavy atom. The van der Waals surface area contributed by atoms with Crippen molar-refractivity contribution in [2.45, 2.75) is 26.2 Å². The second-order valence-corrected chi connectivity index (χ2v) is 11.7. The lowest BCUT2D eigenvalue weighted by atomic mass is 9.94. The van der Waals surface area contributed by atoms with Crippen molar-refractivity contribution in [2.75, 3.05) is 5.32 Å². The van der Waals surface area contributed by atoms with Gasteiger partial charge in [0.05, 0.1) is 22.6 Å². The van der Waals surface area contributed by atoms with Gasteiger partial charge < -0.3 is 25.9 Å². The van der Waals surface area contributed by atoms with Crippen molar-refractivity contribution in [2.24, 2.45) is 5.92 Å². The summed E-state index contributed by atoms with van der Waals surface area (Å²) in [5.41, 5.74) is 3.86. The van der Waals surface area contributed by atoms with Crippen molar-refractivity contribution in [1.29, 1.82) is 5.41 Å². The minimum absolute atomic E-state index is 0.0144. The molecule has 0 aliphatic rings. The molecule has 5 rings (SSSR count). The lowest BCUT2D eigenvalue weighted by Gasteiger charge is -2.12. The van der Waals surface area contributed by atoms with Crippen LogP contribution in [0.1, 0.15) is 24.5 Å². The van der Waals surface area contributed by atoms with Crippen LogP contribution in [0.4, 0.5) is 10.1 Å². The van der Waals surface area contributed by atoms with E-state index in [1.807, 2.05) is 60.7 Å². The zero-order valence-electron chi connectivity index (χ0n) is 24.2. The van der Waals surface area contributed by atoms with Crippen LogP contribution in [-0.2, 0) is 22.4 Å². The van der Waals surface area contributed by atoms with Crippen molar-refractivity contribution in [1.82, 2.24) is 10.3 Å². The summed E-state index contributed by atoms with van der Waals surface area (Å²) in [6.07, 6.45) is 2.41. The summed E-state index contributed by atoms with van der Waals surface area (Å²) in [5.74, 6) is -2.21. The molecule has 0 spiro atoms. The molecule has 0 radical (unpaired) electrons. The largest absolute Gasteiger partial charge is 0.481 e. The third-order valence-corrected chi connectivity index (χ3v) is 8.40. The molecule has 0 saturated carbocycles. The number of carbonyl (C=O) groups is 2. The number of aromatic nitrogens is 1. The Morgan fingerprint density at radius 2 is 1.73 bits per heavy atom. The van der Waals surface area contributed by atoms with Gasteiger partial charge in [0.2, 0.25) is 5.91 Å². The highest BCUT2D eigenvalue weighted by Gasteiger charge is 2.21. The number of thiocarbonyl (C=S) groups is 1. The van der Waals surface area contributed by atoms with E-state index in [0.29, 0.717) is 23.4 Å². The summed E-state index contributed by atoms with van der Waals surface area (Å²) in [6, 6.07) is 24.8. The van der Waals surface area contributed by atoms with Gasteiger partial charge in [-0.15, -0.1) is 11.3 Å². The SMILES string of the molecule is CC[C@@H](C(=N)Cc1ccc(-c2cc3nccc(Oc4ccc(NC(=S)NC(=O)Cc5ccccc5)cc4F)c3s2)cc1)C(=O)O. The third-order valence-electron chi connectivity index (χ3n) is 7.01. The number of carbonyl (C=O) groups excluding carboxylic acids is 1. The molecule has 3 aromatic carbocycles. The van der Waals surface area contributed by atoms with Crippen molar-refractivity contribution in [3.8, 4) is 21.9 Å². The number of fused-ring (bicyclic) bond motifs is 1. The third kappa shape index (κ3) is 7.94. The van der Waals surface area contributed by atoms with Crippen LogP contribution in [0.3, 0.4) is 0 Å². The van der Waals surface area contributed by atoms with E-state index in [1.54, 1.807) is 25.3 Å². The molecule has 0 bridgehead atoms. The zero-order valence-corrected chi connectivity index (χ0v) is 25.8. The number of carboxylic acid groups (broad SMARTS) is 1. The molecule has 5 aromatic rings. The number of hydrogen-bond acceptors (Lipinski definition) is 7. The summed E-state index contributed by atoms with van der Waals surface area (Å²) in [7, 11) is 0. The number of amides is 1. The average molecular weight is 641 g/mol. The van der Waals surface area contributed by atoms with Gasteiger partial charge in [0.15, 0.2) is 16.7 Å². The minimum atomic E-state index is -0.980. The van der Waals surface area contributed by atoms with Gasteiger partial charge in [-0.25, -0.2) is 4.39 Å². The Balaban J connectivity index is 1.24. The number of hydrogen-bond donors (Lipinski definition) is 4. The molecule has 2 aromatic heterocycles. The molecule has 0 unspecified atom stereocenters. The van der Waals surface area contributed by atoms with E-state index in [0.717, 1.165) is 26.3 Å². The average Bonchev–Trinajstić information content (AvgIpc) is 3.45. The molecule has 0 aliphatic carbocycles. The number of thiophene rings is 1. The number of carboxylic acids is 1. The Hall–Kier alpha value is -5.00. The molecule has 4 N–H and O–H groups in total. The summed E-state index contributed by atoms with van der Waals surface area (Å²) in [6.45, 7) is 1.76. The topological polar surface area (TPSA) is 124 Å². The molecule has 0 fully saturated rings. The number of benzene rings is 3. The number of aliphatic carboxylic acids is 1. The fourth-order valence-electron chi connectivity index (χ4n) is 4.73. The second-order valence-electron chi connectivity index (χ2n) is 10.2. The standard InChI is InChI=1S/C34H29FN4O4S2/c1-2-24(33(41)42)26(36)16-21-8-10-22(11-9-21)30-19-27-32(45-30)29(14-15-37-27)43-28-13-12-23(18-25(28)35)38-34(44)39-31(40)17-20-6-4-3-5-7-20/h3-15,18-19,24,36H,2,16-17H2,1H3,(H,41,42)(H2,38,39,40,44)/t24-/m0/s1. The predicted octanol–water partition coefficient (Wildman–Crippen LogP) is 7.62. The zero-order chi connectivity index (χ0) is 31.9. The number of halogens is 1. The highest BCUT2D eigenvalue weighted by Crippen LogP contribution is 2.40. The van der Waals surface area contributed by atoms with E-state index in [9.17, 15) is 14.7 Å². The quantitative estimate of drug-likeness (QED) is 0.0865. The van der Waals surface area contributed by atoms with E-state index >= 15 is 4.39 Å². The van der Waals surface area contributed by atoms with Crippen LogP contribution in [-0.4, -0.2) is 32.8 Å².